The van der Waals surface area contributed by atoms with Crippen LogP contribution in [0.2, 0.25) is 0 Å². The SMILES string of the molecule is CO/N=C(\C(=O)OC)c1ccccc1CO/N=C(/C)c1snnc1C. The molecule has 0 saturated heterocycles. The zero-order valence-electron chi connectivity index (χ0n) is 14.3. The van der Waals surface area contributed by atoms with Gasteiger partial charge in [-0.05, 0) is 25.4 Å². The average Bonchev–Trinajstić information content (AvgIpc) is 3.05. The van der Waals surface area contributed by atoms with Crippen molar-refractivity contribution in [2.24, 2.45) is 10.3 Å². The molecule has 2 rings (SSSR count). The number of esters is 1. The molecule has 0 aliphatic rings. The summed E-state index contributed by atoms with van der Waals surface area (Å²) in [7, 11) is 2.65. The van der Waals surface area contributed by atoms with Gasteiger partial charge in [0.1, 0.15) is 13.7 Å². The van der Waals surface area contributed by atoms with Crippen molar-refractivity contribution in [3.8, 4) is 0 Å². The molecule has 1 aromatic heterocycles. The van der Waals surface area contributed by atoms with Crippen LogP contribution < -0.4 is 0 Å². The van der Waals surface area contributed by atoms with Gasteiger partial charge in [0.15, 0.2) is 5.71 Å². The third-order valence-electron chi connectivity index (χ3n) is 3.24. The van der Waals surface area contributed by atoms with Crippen LogP contribution in [0.25, 0.3) is 0 Å². The molecule has 0 N–H and O–H groups in total. The molecule has 0 bridgehead atoms. The highest BCUT2D eigenvalue weighted by molar-refractivity contribution is 7.08. The van der Waals surface area contributed by atoms with E-state index in [-0.39, 0.29) is 12.3 Å². The number of hydrogen-bond donors (Lipinski definition) is 0. The highest BCUT2D eigenvalue weighted by Crippen LogP contribution is 2.15. The number of oxime groups is 2. The molecule has 0 spiro atoms. The van der Waals surface area contributed by atoms with E-state index in [9.17, 15) is 4.79 Å². The normalized spacial score (nSPS) is 12.0. The zero-order valence-corrected chi connectivity index (χ0v) is 15.2. The Morgan fingerprint density at radius 3 is 2.64 bits per heavy atom. The minimum Gasteiger partial charge on any atom is -0.464 e. The Labute approximate surface area is 149 Å². The van der Waals surface area contributed by atoms with Gasteiger partial charge in [0.2, 0.25) is 0 Å². The largest absolute Gasteiger partial charge is 0.464 e. The maximum absolute atomic E-state index is 11.9. The lowest BCUT2D eigenvalue weighted by Gasteiger charge is -2.09. The van der Waals surface area contributed by atoms with Crippen molar-refractivity contribution in [3.05, 3.63) is 46.0 Å². The van der Waals surface area contributed by atoms with Crippen LogP contribution in [0.3, 0.4) is 0 Å². The third-order valence-corrected chi connectivity index (χ3v) is 4.17. The molecule has 1 heterocycles. The molecular weight excluding hydrogens is 344 g/mol. The van der Waals surface area contributed by atoms with Gasteiger partial charge in [-0.3, -0.25) is 0 Å². The quantitative estimate of drug-likeness (QED) is 0.426. The van der Waals surface area contributed by atoms with Gasteiger partial charge in [-0.15, -0.1) is 5.10 Å². The number of aryl methyl sites for hydroxylation is 1. The summed E-state index contributed by atoms with van der Waals surface area (Å²) >= 11 is 1.26. The first-order chi connectivity index (χ1) is 12.1. The Hall–Kier alpha value is -2.81. The summed E-state index contributed by atoms with van der Waals surface area (Å²) in [5.41, 5.74) is 2.82. The summed E-state index contributed by atoms with van der Waals surface area (Å²) in [5.74, 6) is -0.597. The van der Waals surface area contributed by atoms with Crippen molar-refractivity contribution in [2.45, 2.75) is 20.5 Å². The van der Waals surface area contributed by atoms with E-state index in [1.807, 2.05) is 26.0 Å². The van der Waals surface area contributed by atoms with Crippen LogP contribution in [0, 0.1) is 6.92 Å². The second-order valence-electron chi connectivity index (χ2n) is 4.91. The Bertz CT molecular complexity index is 801. The van der Waals surface area contributed by atoms with Crippen molar-refractivity contribution in [2.75, 3.05) is 14.2 Å². The monoisotopic (exact) mass is 362 g/mol. The standard InChI is InChI=1S/C16H18N4O4S/c1-10-15(25-20-17-10)11(2)18-24-9-12-7-5-6-8-13(12)14(19-23-4)16(21)22-3/h5-8H,9H2,1-4H3/b18-11-,19-14-. The minimum absolute atomic E-state index is 0.0624. The van der Waals surface area contributed by atoms with E-state index in [0.717, 1.165) is 16.1 Å². The second-order valence-corrected chi connectivity index (χ2v) is 5.66. The molecule has 0 aliphatic carbocycles. The predicted octanol–water partition coefficient (Wildman–Crippen LogP) is 2.31. The van der Waals surface area contributed by atoms with Crippen LogP contribution in [-0.2, 0) is 25.8 Å². The molecule has 0 amide bonds. The molecule has 2 aromatic rings. The molecule has 132 valence electrons. The topological polar surface area (TPSA) is 95.3 Å². The van der Waals surface area contributed by atoms with Crippen LogP contribution >= 0.6 is 11.5 Å². The summed E-state index contributed by atoms with van der Waals surface area (Å²) in [5, 5.41) is 11.8. The van der Waals surface area contributed by atoms with Crippen molar-refractivity contribution >= 4 is 28.9 Å². The van der Waals surface area contributed by atoms with Gasteiger partial charge >= 0.3 is 5.97 Å². The van der Waals surface area contributed by atoms with Crippen molar-refractivity contribution in [3.63, 3.8) is 0 Å². The van der Waals surface area contributed by atoms with Crippen LogP contribution in [-0.4, -0.2) is 41.2 Å². The fourth-order valence-electron chi connectivity index (χ4n) is 2.06. The zero-order chi connectivity index (χ0) is 18.2. The first-order valence-electron chi connectivity index (χ1n) is 7.32. The number of benzene rings is 1. The van der Waals surface area contributed by atoms with Crippen LogP contribution in [0.4, 0.5) is 0 Å². The summed E-state index contributed by atoms with van der Waals surface area (Å²) < 4.78 is 8.62. The van der Waals surface area contributed by atoms with Gasteiger partial charge in [0.25, 0.3) is 0 Å². The molecule has 0 fully saturated rings. The van der Waals surface area contributed by atoms with Crippen LogP contribution in [0.1, 0.15) is 28.6 Å². The van der Waals surface area contributed by atoms with E-state index in [4.69, 9.17) is 14.4 Å². The first-order valence-corrected chi connectivity index (χ1v) is 8.09. The molecule has 8 nitrogen and oxygen atoms in total. The summed E-state index contributed by atoms with van der Waals surface area (Å²) in [6.45, 7) is 3.83. The third kappa shape index (κ3) is 4.60. The lowest BCUT2D eigenvalue weighted by atomic mass is 10.0. The van der Waals surface area contributed by atoms with E-state index in [1.54, 1.807) is 12.1 Å². The highest BCUT2D eigenvalue weighted by atomic mass is 32.1. The number of hydrogen-bond acceptors (Lipinski definition) is 9. The molecular formula is C16H18N4O4S. The van der Waals surface area contributed by atoms with Crippen molar-refractivity contribution < 1.29 is 19.2 Å². The van der Waals surface area contributed by atoms with E-state index in [2.05, 4.69) is 19.9 Å². The fourth-order valence-corrected chi connectivity index (χ4v) is 2.65. The van der Waals surface area contributed by atoms with Crippen LogP contribution in [0.15, 0.2) is 34.6 Å². The van der Waals surface area contributed by atoms with Gasteiger partial charge in [0, 0.05) is 11.1 Å². The number of ether oxygens (including phenoxy) is 1. The molecule has 0 unspecified atom stereocenters. The summed E-state index contributed by atoms with van der Waals surface area (Å²) in [4.78, 5) is 23.0. The Kier molecular flexibility index (Phi) is 6.58. The molecule has 0 atom stereocenters. The second kappa shape index (κ2) is 8.88. The Morgan fingerprint density at radius 1 is 1.24 bits per heavy atom. The fraction of sp³-hybridized carbons (Fsp3) is 0.312. The van der Waals surface area contributed by atoms with Crippen molar-refractivity contribution in [1.29, 1.82) is 0 Å². The smallest absolute Gasteiger partial charge is 0.360 e. The number of aromatic nitrogens is 2. The summed E-state index contributed by atoms with van der Waals surface area (Å²) in [6.07, 6.45) is 0. The molecule has 1 aromatic carbocycles. The lowest BCUT2D eigenvalue weighted by Crippen LogP contribution is -2.19. The molecule has 0 radical (unpaired) electrons. The Morgan fingerprint density at radius 2 is 2.00 bits per heavy atom. The van der Waals surface area contributed by atoms with Gasteiger partial charge in [-0.2, -0.15) is 0 Å². The average molecular weight is 362 g/mol. The summed E-state index contributed by atoms with van der Waals surface area (Å²) in [6, 6.07) is 7.17. The van der Waals surface area contributed by atoms with Gasteiger partial charge in [-0.1, -0.05) is 39.1 Å². The van der Waals surface area contributed by atoms with Crippen molar-refractivity contribution in [1.82, 2.24) is 9.59 Å². The van der Waals surface area contributed by atoms with E-state index >= 15 is 0 Å². The minimum atomic E-state index is -0.597. The van der Waals surface area contributed by atoms with E-state index in [0.29, 0.717) is 11.3 Å². The number of nitrogens with zero attached hydrogens (tertiary/aromatic N) is 4. The van der Waals surface area contributed by atoms with E-state index in [1.165, 1.54) is 25.8 Å². The Balaban J connectivity index is 2.19. The van der Waals surface area contributed by atoms with E-state index < -0.39 is 5.97 Å². The first kappa shape index (κ1) is 18.5. The van der Waals surface area contributed by atoms with Gasteiger partial charge in [0.05, 0.1) is 23.4 Å². The number of carbonyl (C=O) groups is 1. The van der Waals surface area contributed by atoms with Crippen LogP contribution in [0.5, 0.6) is 0 Å². The van der Waals surface area contributed by atoms with Gasteiger partial charge in [-0.25, -0.2) is 4.79 Å². The maximum Gasteiger partial charge on any atom is 0.360 e. The number of carbonyl (C=O) groups excluding carboxylic acids is 1. The maximum atomic E-state index is 11.9. The molecule has 9 heteroatoms. The highest BCUT2D eigenvalue weighted by Gasteiger charge is 2.19. The number of rotatable bonds is 7. The number of methoxy groups -OCH3 is 1. The molecule has 25 heavy (non-hydrogen) atoms. The van der Waals surface area contributed by atoms with Gasteiger partial charge < -0.3 is 14.4 Å². The lowest BCUT2D eigenvalue weighted by molar-refractivity contribution is -0.132. The molecule has 0 aliphatic heterocycles. The predicted molar refractivity (Wildman–Crippen MR) is 93.7 cm³/mol. The molecule has 0 saturated carbocycles.